The molecule has 0 unspecified atom stereocenters. The van der Waals surface area contributed by atoms with Gasteiger partial charge in [-0.1, -0.05) is 0 Å². The Kier molecular flexibility index (Phi) is 5.47. The molecule has 2 aromatic carbocycles. The number of benzene rings is 2. The van der Waals surface area contributed by atoms with Crippen molar-refractivity contribution in [2.45, 2.75) is 0 Å². The minimum Gasteiger partial charge on any atom is -0.343 e. The third-order valence-electron chi connectivity index (χ3n) is 2.88. The Hall–Kier alpha value is -2.10. The summed E-state index contributed by atoms with van der Waals surface area (Å²) in [7, 11) is 0. The lowest BCUT2D eigenvalue weighted by Crippen LogP contribution is -2.04. The number of nitro groups is 3. The Morgan fingerprint density at radius 3 is 1.79 bits per heavy atom. The molecular weight excluding hydrogens is 550 g/mol. The van der Waals surface area contributed by atoms with Crippen LogP contribution in [0.1, 0.15) is 0 Å². The molecule has 2 rings (SSSR count). The molecule has 0 aliphatic carbocycles. The van der Waals surface area contributed by atoms with E-state index in [-0.39, 0.29) is 0 Å². The van der Waals surface area contributed by atoms with Crippen molar-refractivity contribution < 1.29 is 14.8 Å². The number of halogens is 2. The molecule has 0 radical (unpaired) electrons. The van der Waals surface area contributed by atoms with Gasteiger partial charge in [0.25, 0.3) is 5.69 Å². The zero-order valence-corrected chi connectivity index (χ0v) is 15.7. The first-order valence-corrected chi connectivity index (χ1v) is 8.19. The highest BCUT2D eigenvalue weighted by atomic mass is 127. The predicted molar refractivity (Wildman–Crippen MR) is 102 cm³/mol. The lowest BCUT2D eigenvalue weighted by Gasteiger charge is -2.10. The summed E-state index contributed by atoms with van der Waals surface area (Å²) >= 11 is 4.05. The molecule has 0 aromatic heterocycles. The third kappa shape index (κ3) is 3.86. The Balaban J connectivity index is 2.68. The van der Waals surface area contributed by atoms with E-state index >= 15 is 0 Å². The maximum Gasteiger partial charge on any atom is 0.306 e. The van der Waals surface area contributed by atoms with Gasteiger partial charge in [-0.15, -0.1) is 0 Å². The molecule has 2 aromatic rings. The van der Waals surface area contributed by atoms with Crippen LogP contribution in [-0.2, 0) is 0 Å². The second-order valence-corrected chi connectivity index (χ2v) is 6.79. The fourth-order valence-electron chi connectivity index (χ4n) is 1.84. The van der Waals surface area contributed by atoms with Crippen LogP contribution >= 0.6 is 45.2 Å². The second kappa shape index (κ2) is 7.20. The van der Waals surface area contributed by atoms with Gasteiger partial charge in [0, 0.05) is 7.14 Å². The minimum absolute atomic E-state index is 0.408. The van der Waals surface area contributed by atoms with Crippen LogP contribution in [0.15, 0.2) is 30.3 Å². The van der Waals surface area contributed by atoms with E-state index in [1.807, 2.05) is 22.6 Å². The summed E-state index contributed by atoms with van der Waals surface area (Å²) in [5, 5.41) is 35.9. The molecule has 1 N–H and O–H groups in total. The van der Waals surface area contributed by atoms with Gasteiger partial charge >= 0.3 is 11.4 Å². The van der Waals surface area contributed by atoms with Crippen LogP contribution in [0, 0.1) is 37.5 Å². The Labute approximate surface area is 161 Å². The normalized spacial score (nSPS) is 10.2. The van der Waals surface area contributed by atoms with Gasteiger partial charge in [-0.25, -0.2) is 0 Å². The molecule has 0 bridgehead atoms. The largest absolute Gasteiger partial charge is 0.343 e. The summed E-state index contributed by atoms with van der Waals surface area (Å²) in [5.74, 6) is 0. The molecule has 0 amide bonds. The number of nitrogens with one attached hydrogen (secondary N) is 1. The van der Waals surface area contributed by atoms with Gasteiger partial charge in [0.05, 0.1) is 32.6 Å². The number of non-ortho nitro benzene ring substituents is 1. The van der Waals surface area contributed by atoms with Crippen LogP contribution in [0.2, 0.25) is 0 Å². The summed E-state index contributed by atoms with van der Waals surface area (Å²) in [5.41, 5.74) is -2.21. The van der Waals surface area contributed by atoms with Gasteiger partial charge < -0.3 is 5.32 Å². The second-order valence-electron chi connectivity index (χ2n) is 4.38. The molecule has 0 aliphatic heterocycles. The number of nitro benzene ring substituents is 3. The molecule has 0 fully saturated rings. The van der Waals surface area contributed by atoms with E-state index in [9.17, 15) is 30.3 Å². The summed E-state index contributed by atoms with van der Waals surface area (Å²) < 4.78 is 1.59. The van der Waals surface area contributed by atoms with Gasteiger partial charge in [0.15, 0.2) is 5.69 Å². The van der Waals surface area contributed by atoms with E-state index in [1.165, 1.54) is 0 Å². The van der Waals surface area contributed by atoms with Gasteiger partial charge in [0.1, 0.15) is 0 Å². The smallest absolute Gasteiger partial charge is 0.306 e. The zero-order chi connectivity index (χ0) is 18.0. The highest BCUT2D eigenvalue weighted by Crippen LogP contribution is 2.40. The quantitative estimate of drug-likeness (QED) is 0.328. The molecular formula is C12H6I2N4O6. The maximum absolute atomic E-state index is 11.2. The van der Waals surface area contributed by atoms with Gasteiger partial charge in [-0.3, -0.25) is 30.3 Å². The van der Waals surface area contributed by atoms with Crippen LogP contribution < -0.4 is 5.32 Å². The third-order valence-corrected chi connectivity index (χ3v) is 4.44. The Morgan fingerprint density at radius 1 is 0.833 bits per heavy atom. The SMILES string of the molecule is O=[N+]([O-])c1cc([N+](=O)[O-])c(Nc2ccc(I)cc2I)c([N+](=O)[O-])c1. The summed E-state index contributed by atoms with van der Waals surface area (Å²) in [4.78, 5) is 30.6. The molecule has 12 heteroatoms. The summed E-state index contributed by atoms with van der Waals surface area (Å²) in [6, 6.07) is 6.48. The monoisotopic (exact) mass is 556 g/mol. The molecule has 0 spiro atoms. The molecule has 0 saturated heterocycles. The minimum atomic E-state index is -0.918. The average Bonchev–Trinajstić information content (AvgIpc) is 2.49. The van der Waals surface area contributed by atoms with Crippen molar-refractivity contribution in [1.29, 1.82) is 0 Å². The number of hydrogen-bond acceptors (Lipinski definition) is 7. The number of hydrogen-bond donors (Lipinski definition) is 1. The number of rotatable bonds is 5. The lowest BCUT2D eigenvalue weighted by atomic mass is 10.2. The molecule has 0 heterocycles. The molecule has 0 aliphatic rings. The van der Waals surface area contributed by atoms with E-state index in [0.717, 1.165) is 3.57 Å². The maximum atomic E-state index is 11.2. The van der Waals surface area contributed by atoms with Crippen LogP contribution in [0.25, 0.3) is 0 Å². The number of nitrogens with zero attached hydrogens (tertiary/aromatic N) is 3. The van der Waals surface area contributed by atoms with Crippen molar-refractivity contribution >= 4 is 73.6 Å². The zero-order valence-electron chi connectivity index (χ0n) is 11.4. The topological polar surface area (TPSA) is 141 Å². The van der Waals surface area contributed by atoms with Crippen molar-refractivity contribution in [3.8, 4) is 0 Å². The molecule has 0 atom stereocenters. The highest BCUT2D eigenvalue weighted by Gasteiger charge is 2.31. The predicted octanol–water partition coefficient (Wildman–Crippen LogP) is 4.36. The Morgan fingerprint density at radius 2 is 1.38 bits per heavy atom. The average molecular weight is 556 g/mol. The first kappa shape index (κ1) is 18.2. The first-order chi connectivity index (χ1) is 11.2. The van der Waals surface area contributed by atoms with Gasteiger partial charge in [0.2, 0.25) is 0 Å². The lowest BCUT2D eigenvalue weighted by molar-refractivity contribution is -0.401. The fraction of sp³-hybridized carbons (Fsp3) is 0. The van der Waals surface area contributed by atoms with Crippen molar-refractivity contribution in [2.75, 3.05) is 5.32 Å². The molecule has 124 valence electrons. The highest BCUT2D eigenvalue weighted by molar-refractivity contribution is 14.1. The van der Waals surface area contributed by atoms with Gasteiger partial charge in [-0.05, 0) is 63.4 Å². The molecule has 24 heavy (non-hydrogen) atoms. The van der Waals surface area contributed by atoms with E-state index in [4.69, 9.17) is 0 Å². The van der Waals surface area contributed by atoms with Crippen molar-refractivity contribution in [2.24, 2.45) is 0 Å². The van der Waals surface area contributed by atoms with Crippen LogP contribution in [0.4, 0.5) is 28.4 Å². The Bertz CT molecular complexity index is 838. The summed E-state index contributed by atoms with van der Waals surface area (Å²) in [6.07, 6.45) is 0. The summed E-state index contributed by atoms with van der Waals surface area (Å²) in [6.45, 7) is 0. The molecule has 0 saturated carbocycles. The van der Waals surface area contributed by atoms with Gasteiger partial charge in [-0.2, -0.15) is 0 Å². The van der Waals surface area contributed by atoms with E-state index in [0.29, 0.717) is 21.4 Å². The van der Waals surface area contributed by atoms with Crippen LogP contribution in [0.3, 0.4) is 0 Å². The first-order valence-electron chi connectivity index (χ1n) is 6.04. The van der Waals surface area contributed by atoms with Crippen LogP contribution in [0.5, 0.6) is 0 Å². The van der Waals surface area contributed by atoms with Crippen molar-refractivity contribution in [3.05, 3.63) is 67.8 Å². The van der Waals surface area contributed by atoms with E-state index in [1.54, 1.807) is 18.2 Å². The van der Waals surface area contributed by atoms with Crippen molar-refractivity contribution in [3.63, 3.8) is 0 Å². The van der Waals surface area contributed by atoms with E-state index < -0.39 is 37.5 Å². The van der Waals surface area contributed by atoms with E-state index in [2.05, 4.69) is 27.9 Å². The number of anilines is 2. The molecule has 10 nitrogen and oxygen atoms in total. The van der Waals surface area contributed by atoms with Crippen molar-refractivity contribution in [1.82, 2.24) is 0 Å². The van der Waals surface area contributed by atoms with Crippen LogP contribution in [-0.4, -0.2) is 14.8 Å². The standard InChI is InChI=1S/C12H6I2N4O6/c13-6-1-2-9(8(14)3-6)15-12-10(17(21)22)4-7(16(19)20)5-11(12)18(23)24/h1-5,15H. The fourth-order valence-corrected chi connectivity index (χ4v) is 3.58.